The molecule has 3 N–H and O–H groups in total. The van der Waals surface area contributed by atoms with Crippen LogP contribution in [0.2, 0.25) is 0 Å². The standard InChI is InChI=1S/C28H34N6O5/c1-28(2,3)39-27(36)31-9-12-38-21-6-4-5-19(15-21)22-18-32-26(29)25(33-22)24(35)16-20-17-30-8-7-23(20)34-10-13-37-14-11-34/h4-8,15,17-18H,9-14,16H2,1-3H3,(H2,29,32)(H,31,36). The van der Waals surface area contributed by atoms with E-state index in [0.717, 1.165) is 24.3 Å². The van der Waals surface area contributed by atoms with E-state index in [1.54, 1.807) is 45.3 Å². The summed E-state index contributed by atoms with van der Waals surface area (Å²) in [6, 6.07) is 9.16. The van der Waals surface area contributed by atoms with Gasteiger partial charge in [-0.2, -0.15) is 0 Å². The first-order chi connectivity index (χ1) is 18.7. The molecule has 0 aliphatic carbocycles. The van der Waals surface area contributed by atoms with Crippen molar-refractivity contribution >= 4 is 23.4 Å². The lowest BCUT2D eigenvalue weighted by Gasteiger charge is -2.30. The third kappa shape index (κ3) is 7.87. The van der Waals surface area contributed by atoms with Crippen LogP contribution in [0.3, 0.4) is 0 Å². The van der Waals surface area contributed by atoms with Crippen molar-refractivity contribution in [3.05, 3.63) is 60.2 Å². The van der Waals surface area contributed by atoms with Gasteiger partial charge in [-0.05, 0) is 39.0 Å². The van der Waals surface area contributed by atoms with Gasteiger partial charge in [0.05, 0.1) is 31.6 Å². The number of aromatic nitrogens is 3. The minimum absolute atomic E-state index is 0.0705. The lowest BCUT2D eigenvalue weighted by atomic mass is 10.1. The average molecular weight is 535 g/mol. The summed E-state index contributed by atoms with van der Waals surface area (Å²) in [6.45, 7) is 8.70. The molecule has 0 atom stereocenters. The van der Waals surface area contributed by atoms with E-state index in [1.165, 1.54) is 6.20 Å². The van der Waals surface area contributed by atoms with Gasteiger partial charge in [-0.25, -0.2) is 14.8 Å². The Balaban J connectivity index is 1.43. The second kappa shape index (κ2) is 12.5. The van der Waals surface area contributed by atoms with Gasteiger partial charge in [-0.3, -0.25) is 9.78 Å². The second-order valence-electron chi connectivity index (χ2n) is 10.00. The number of nitrogen functional groups attached to an aromatic ring is 1. The molecule has 2 aromatic heterocycles. The van der Waals surface area contributed by atoms with Crippen LogP contribution >= 0.6 is 0 Å². The summed E-state index contributed by atoms with van der Waals surface area (Å²) in [5.41, 5.74) is 8.57. The van der Waals surface area contributed by atoms with Crippen LogP contribution in [0.5, 0.6) is 5.75 Å². The highest BCUT2D eigenvalue weighted by Crippen LogP contribution is 2.26. The van der Waals surface area contributed by atoms with Gasteiger partial charge in [0.15, 0.2) is 11.6 Å². The van der Waals surface area contributed by atoms with Crippen molar-refractivity contribution in [1.82, 2.24) is 20.3 Å². The molecule has 0 radical (unpaired) electrons. The first-order valence-corrected chi connectivity index (χ1v) is 12.8. The summed E-state index contributed by atoms with van der Waals surface area (Å²) in [5, 5.41) is 2.65. The molecule has 1 saturated heterocycles. The van der Waals surface area contributed by atoms with Crippen LogP contribution in [0.1, 0.15) is 36.8 Å². The van der Waals surface area contributed by atoms with Gasteiger partial charge in [-0.1, -0.05) is 12.1 Å². The number of morpholine rings is 1. The number of ether oxygens (including phenoxy) is 3. The number of carbonyl (C=O) groups is 2. The van der Waals surface area contributed by atoms with E-state index in [2.05, 4.69) is 25.2 Å². The molecule has 11 nitrogen and oxygen atoms in total. The first-order valence-electron chi connectivity index (χ1n) is 12.8. The molecule has 0 saturated carbocycles. The van der Waals surface area contributed by atoms with Gasteiger partial charge in [0.2, 0.25) is 0 Å². The molecular formula is C28H34N6O5. The van der Waals surface area contributed by atoms with E-state index in [9.17, 15) is 9.59 Å². The quantitative estimate of drug-likeness (QED) is 0.310. The predicted octanol–water partition coefficient (Wildman–Crippen LogP) is 3.29. The number of ketones is 1. The number of Topliss-reactive ketones (excluding diaryl/α,β-unsaturated/α-hetero) is 1. The van der Waals surface area contributed by atoms with Crippen LogP contribution < -0.4 is 20.7 Å². The molecule has 39 heavy (non-hydrogen) atoms. The van der Waals surface area contributed by atoms with Crippen molar-refractivity contribution in [1.29, 1.82) is 0 Å². The minimum atomic E-state index is -0.567. The predicted molar refractivity (Wildman–Crippen MR) is 147 cm³/mol. The summed E-state index contributed by atoms with van der Waals surface area (Å²) in [4.78, 5) is 40.3. The van der Waals surface area contributed by atoms with E-state index in [1.807, 2.05) is 18.2 Å². The monoisotopic (exact) mass is 534 g/mol. The number of nitrogens with two attached hydrogens (primary N) is 1. The molecule has 206 valence electrons. The topological polar surface area (TPSA) is 142 Å². The fraction of sp³-hybridized carbons (Fsp3) is 0.393. The summed E-state index contributed by atoms with van der Waals surface area (Å²) >= 11 is 0. The van der Waals surface area contributed by atoms with Crippen molar-refractivity contribution in [3.63, 3.8) is 0 Å². The lowest BCUT2D eigenvalue weighted by molar-refractivity contribution is 0.0520. The summed E-state index contributed by atoms with van der Waals surface area (Å²) in [5.74, 6) is 0.404. The molecule has 0 spiro atoms. The van der Waals surface area contributed by atoms with E-state index in [0.29, 0.717) is 30.2 Å². The summed E-state index contributed by atoms with van der Waals surface area (Å²) in [7, 11) is 0. The molecule has 1 aliphatic heterocycles. The summed E-state index contributed by atoms with van der Waals surface area (Å²) < 4.78 is 16.4. The maximum atomic E-state index is 13.3. The van der Waals surface area contributed by atoms with Crippen LogP contribution in [-0.2, 0) is 15.9 Å². The number of alkyl carbamates (subject to hydrolysis) is 1. The number of hydrogen-bond donors (Lipinski definition) is 2. The number of nitrogens with zero attached hydrogens (tertiary/aromatic N) is 4. The normalized spacial score (nSPS) is 13.6. The van der Waals surface area contributed by atoms with Crippen LogP contribution in [0.15, 0.2) is 48.9 Å². The van der Waals surface area contributed by atoms with E-state index < -0.39 is 11.7 Å². The number of benzene rings is 1. The number of nitrogens with one attached hydrogen (secondary N) is 1. The zero-order valence-corrected chi connectivity index (χ0v) is 22.5. The third-order valence-electron chi connectivity index (χ3n) is 5.81. The van der Waals surface area contributed by atoms with Gasteiger partial charge < -0.3 is 30.2 Å². The molecule has 1 aliphatic rings. The van der Waals surface area contributed by atoms with Crippen molar-refractivity contribution in [2.45, 2.75) is 32.8 Å². The second-order valence-corrected chi connectivity index (χ2v) is 10.00. The fourth-order valence-corrected chi connectivity index (χ4v) is 4.05. The number of rotatable bonds is 9. The number of pyridine rings is 1. The Morgan fingerprint density at radius 3 is 2.72 bits per heavy atom. The van der Waals surface area contributed by atoms with E-state index >= 15 is 0 Å². The zero-order chi connectivity index (χ0) is 27.8. The lowest BCUT2D eigenvalue weighted by Crippen LogP contribution is -2.37. The summed E-state index contributed by atoms with van der Waals surface area (Å²) in [6.07, 6.45) is 4.54. The van der Waals surface area contributed by atoms with E-state index in [4.69, 9.17) is 19.9 Å². The van der Waals surface area contributed by atoms with Crippen LogP contribution in [0.25, 0.3) is 11.3 Å². The highest BCUT2D eigenvalue weighted by molar-refractivity contribution is 6.00. The molecule has 1 aromatic carbocycles. The van der Waals surface area contributed by atoms with Gasteiger partial charge in [-0.15, -0.1) is 0 Å². The first kappa shape index (κ1) is 27.8. The highest BCUT2D eigenvalue weighted by Gasteiger charge is 2.20. The van der Waals surface area contributed by atoms with Gasteiger partial charge in [0.25, 0.3) is 0 Å². The molecule has 3 heterocycles. The maximum Gasteiger partial charge on any atom is 0.407 e. The highest BCUT2D eigenvalue weighted by atomic mass is 16.6. The van der Waals surface area contributed by atoms with Crippen molar-refractivity contribution in [2.24, 2.45) is 0 Å². The molecular weight excluding hydrogens is 500 g/mol. The Labute approximate surface area is 227 Å². The van der Waals surface area contributed by atoms with Gasteiger partial charge in [0.1, 0.15) is 23.7 Å². The fourth-order valence-electron chi connectivity index (χ4n) is 4.05. The van der Waals surface area contributed by atoms with Crippen LogP contribution in [0, 0.1) is 0 Å². The van der Waals surface area contributed by atoms with Crippen LogP contribution in [-0.4, -0.2) is 71.9 Å². The van der Waals surface area contributed by atoms with Crippen molar-refractivity contribution < 1.29 is 23.8 Å². The molecule has 0 bridgehead atoms. The number of carbonyl (C=O) groups excluding carboxylic acids is 2. The van der Waals surface area contributed by atoms with Gasteiger partial charge >= 0.3 is 6.09 Å². The third-order valence-corrected chi connectivity index (χ3v) is 5.81. The Morgan fingerprint density at radius 2 is 1.95 bits per heavy atom. The Morgan fingerprint density at radius 1 is 1.15 bits per heavy atom. The number of amides is 1. The molecule has 3 aromatic rings. The zero-order valence-electron chi connectivity index (χ0n) is 22.5. The Bertz CT molecular complexity index is 1300. The van der Waals surface area contributed by atoms with Crippen molar-refractivity contribution in [2.75, 3.05) is 50.1 Å². The molecule has 1 fully saturated rings. The smallest absolute Gasteiger partial charge is 0.407 e. The molecule has 11 heteroatoms. The number of anilines is 2. The molecule has 0 unspecified atom stereocenters. The number of hydrogen-bond acceptors (Lipinski definition) is 10. The SMILES string of the molecule is CC(C)(C)OC(=O)NCCOc1cccc(-c2cnc(N)c(C(=O)Cc3cnccc3N3CCOCC3)n2)c1. The Hall–Kier alpha value is -4.25. The average Bonchev–Trinajstić information content (AvgIpc) is 2.91. The van der Waals surface area contributed by atoms with Crippen LogP contribution in [0.4, 0.5) is 16.3 Å². The molecule has 1 amide bonds. The largest absolute Gasteiger partial charge is 0.492 e. The molecule has 4 rings (SSSR count). The van der Waals surface area contributed by atoms with Crippen molar-refractivity contribution in [3.8, 4) is 17.0 Å². The van der Waals surface area contributed by atoms with E-state index in [-0.39, 0.29) is 36.9 Å². The Kier molecular flexibility index (Phi) is 8.92. The minimum Gasteiger partial charge on any atom is -0.492 e. The maximum absolute atomic E-state index is 13.3. The van der Waals surface area contributed by atoms with Gasteiger partial charge in [0, 0.05) is 48.7 Å².